The minimum absolute atomic E-state index is 0.0254. The summed E-state index contributed by atoms with van der Waals surface area (Å²) in [6.07, 6.45) is 0.782. The SMILES string of the molecule is N#Cc1cc(F)ccc1OC1CCOC1. The molecule has 78 valence electrons. The maximum absolute atomic E-state index is 12.8. The van der Waals surface area contributed by atoms with Crippen LogP contribution in [0.25, 0.3) is 0 Å². The molecule has 0 spiro atoms. The van der Waals surface area contributed by atoms with Crippen LogP contribution >= 0.6 is 0 Å². The molecule has 4 heteroatoms. The van der Waals surface area contributed by atoms with Crippen molar-refractivity contribution in [1.82, 2.24) is 0 Å². The highest BCUT2D eigenvalue weighted by atomic mass is 19.1. The first kappa shape index (κ1) is 9.94. The number of rotatable bonds is 2. The highest BCUT2D eigenvalue weighted by Crippen LogP contribution is 2.22. The number of nitrogens with zero attached hydrogens (tertiary/aromatic N) is 1. The van der Waals surface area contributed by atoms with E-state index in [1.165, 1.54) is 18.2 Å². The summed E-state index contributed by atoms with van der Waals surface area (Å²) in [5, 5.41) is 8.79. The van der Waals surface area contributed by atoms with E-state index in [0.717, 1.165) is 6.42 Å². The van der Waals surface area contributed by atoms with E-state index in [0.29, 0.717) is 19.0 Å². The maximum Gasteiger partial charge on any atom is 0.137 e. The fourth-order valence-electron chi connectivity index (χ4n) is 1.48. The Morgan fingerprint density at radius 3 is 3.07 bits per heavy atom. The first-order valence-electron chi connectivity index (χ1n) is 4.73. The van der Waals surface area contributed by atoms with Gasteiger partial charge in [0, 0.05) is 6.42 Å². The van der Waals surface area contributed by atoms with Gasteiger partial charge in [0.15, 0.2) is 0 Å². The smallest absolute Gasteiger partial charge is 0.137 e. The van der Waals surface area contributed by atoms with Gasteiger partial charge in [-0.2, -0.15) is 5.26 Å². The number of nitriles is 1. The molecule has 1 aliphatic rings. The van der Waals surface area contributed by atoms with Crippen molar-refractivity contribution in [3.05, 3.63) is 29.6 Å². The monoisotopic (exact) mass is 207 g/mol. The second-order valence-corrected chi connectivity index (χ2v) is 3.36. The quantitative estimate of drug-likeness (QED) is 0.743. The Morgan fingerprint density at radius 1 is 1.53 bits per heavy atom. The zero-order chi connectivity index (χ0) is 10.7. The highest BCUT2D eigenvalue weighted by Gasteiger charge is 2.18. The maximum atomic E-state index is 12.8. The molecule has 0 aliphatic carbocycles. The van der Waals surface area contributed by atoms with Crippen LogP contribution in [0.2, 0.25) is 0 Å². The molecular formula is C11H10FNO2. The molecule has 0 amide bonds. The van der Waals surface area contributed by atoms with Gasteiger partial charge in [0.2, 0.25) is 0 Å². The van der Waals surface area contributed by atoms with Crippen molar-refractivity contribution < 1.29 is 13.9 Å². The van der Waals surface area contributed by atoms with Crippen LogP contribution in [0.3, 0.4) is 0 Å². The van der Waals surface area contributed by atoms with Crippen LogP contribution in [0.15, 0.2) is 18.2 Å². The summed E-state index contributed by atoms with van der Waals surface area (Å²) in [6.45, 7) is 1.20. The molecular weight excluding hydrogens is 197 g/mol. The normalized spacial score (nSPS) is 19.9. The van der Waals surface area contributed by atoms with E-state index >= 15 is 0 Å². The summed E-state index contributed by atoms with van der Waals surface area (Å²) in [5.74, 6) is -0.00373. The van der Waals surface area contributed by atoms with Gasteiger partial charge in [-0.25, -0.2) is 4.39 Å². The first-order valence-corrected chi connectivity index (χ1v) is 4.73. The van der Waals surface area contributed by atoms with Crippen LogP contribution < -0.4 is 4.74 Å². The molecule has 1 aromatic rings. The van der Waals surface area contributed by atoms with Gasteiger partial charge in [0.25, 0.3) is 0 Å². The first-order chi connectivity index (χ1) is 7.29. The largest absolute Gasteiger partial charge is 0.487 e. The Labute approximate surface area is 87.0 Å². The van der Waals surface area contributed by atoms with E-state index in [4.69, 9.17) is 14.7 Å². The van der Waals surface area contributed by atoms with Crippen LogP contribution in [-0.4, -0.2) is 19.3 Å². The van der Waals surface area contributed by atoms with Crippen LogP contribution in [0.4, 0.5) is 4.39 Å². The molecule has 1 fully saturated rings. The lowest BCUT2D eigenvalue weighted by atomic mass is 10.2. The Hall–Kier alpha value is -1.60. The van der Waals surface area contributed by atoms with Crippen LogP contribution in [-0.2, 0) is 4.74 Å². The van der Waals surface area contributed by atoms with Crippen molar-refractivity contribution in [3.8, 4) is 11.8 Å². The molecule has 0 saturated carbocycles. The topological polar surface area (TPSA) is 42.2 Å². The molecule has 1 aromatic carbocycles. The van der Waals surface area contributed by atoms with Crippen LogP contribution in [0.5, 0.6) is 5.75 Å². The minimum atomic E-state index is -0.429. The standard InChI is InChI=1S/C11H10FNO2/c12-9-1-2-11(8(5-9)6-13)15-10-3-4-14-7-10/h1-2,5,10H,3-4,7H2. The zero-order valence-electron chi connectivity index (χ0n) is 8.07. The van der Waals surface area contributed by atoms with Gasteiger partial charge in [0.1, 0.15) is 23.7 Å². The second-order valence-electron chi connectivity index (χ2n) is 3.36. The van der Waals surface area contributed by atoms with Gasteiger partial charge >= 0.3 is 0 Å². The highest BCUT2D eigenvalue weighted by molar-refractivity contribution is 5.43. The van der Waals surface area contributed by atoms with Gasteiger partial charge in [-0.15, -0.1) is 0 Å². The lowest BCUT2D eigenvalue weighted by Crippen LogP contribution is -2.16. The molecule has 0 aromatic heterocycles. The Bertz CT molecular complexity index is 394. The van der Waals surface area contributed by atoms with E-state index in [1.807, 2.05) is 6.07 Å². The van der Waals surface area contributed by atoms with Crippen molar-refractivity contribution in [2.45, 2.75) is 12.5 Å². The minimum Gasteiger partial charge on any atom is -0.487 e. The Balaban J connectivity index is 2.16. The van der Waals surface area contributed by atoms with Crippen molar-refractivity contribution in [2.75, 3.05) is 13.2 Å². The average Bonchev–Trinajstić information content (AvgIpc) is 2.73. The lowest BCUT2D eigenvalue weighted by Gasteiger charge is -2.12. The molecule has 1 unspecified atom stereocenters. The summed E-state index contributed by atoms with van der Waals surface area (Å²) in [5.41, 5.74) is 0.224. The molecule has 1 aliphatic heterocycles. The van der Waals surface area contributed by atoms with E-state index in [9.17, 15) is 4.39 Å². The fourth-order valence-corrected chi connectivity index (χ4v) is 1.48. The van der Waals surface area contributed by atoms with Gasteiger partial charge in [-0.3, -0.25) is 0 Å². The molecule has 15 heavy (non-hydrogen) atoms. The van der Waals surface area contributed by atoms with Crippen LogP contribution in [0.1, 0.15) is 12.0 Å². The lowest BCUT2D eigenvalue weighted by molar-refractivity contribution is 0.141. The van der Waals surface area contributed by atoms with E-state index in [2.05, 4.69) is 0 Å². The van der Waals surface area contributed by atoms with Crippen molar-refractivity contribution in [3.63, 3.8) is 0 Å². The third-order valence-electron chi connectivity index (χ3n) is 2.24. The molecule has 1 saturated heterocycles. The summed E-state index contributed by atoms with van der Waals surface area (Å²) in [4.78, 5) is 0. The van der Waals surface area contributed by atoms with Gasteiger partial charge in [-0.1, -0.05) is 0 Å². The predicted molar refractivity (Wildman–Crippen MR) is 51.0 cm³/mol. The van der Waals surface area contributed by atoms with Gasteiger partial charge in [0.05, 0.1) is 18.8 Å². The summed E-state index contributed by atoms with van der Waals surface area (Å²) in [6, 6.07) is 5.84. The van der Waals surface area contributed by atoms with Crippen LogP contribution in [0, 0.1) is 17.1 Å². The Morgan fingerprint density at radius 2 is 2.40 bits per heavy atom. The molecule has 0 N–H and O–H groups in total. The molecule has 0 bridgehead atoms. The number of hydrogen-bond acceptors (Lipinski definition) is 3. The molecule has 3 nitrogen and oxygen atoms in total. The number of halogens is 1. The summed E-state index contributed by atoms with van der Waals surface area (Å²) < 4.78 is 23.5. The van der Waals surface area contributed by atoms with Crippen molar-refractivity contribution in [1.29, 1.82) is 5.26 Å². The second kappa shape index (κ2) is 4.28. The van der Waals surface area contributed by atoms with Crippen molar-refractivity contribution in [2.24, 2.45) is 0 Å². The van der Waals surface area contributed by atoms with Gasteiger partial charge < -0.3 is 9.47 Å². The average molecular weight is 207 g/mol. The molecule has 1 atom stereocenters. The van der Waals surface area contributed by atoms with E-state index in [-0.39, 0.29) is 11.7 Å². The van der Waals surface area contributed by atoms with E-state index in [1.54, 1.807) is 0 Å². The van der Waals surface area contributed by atoms with Crippen molar-refractivity contribution >= 4 is 0 Å². The third kappa shape index (κ3) is 2.25. The summed E-state index contributed by atoms with van der Waals surface area (Å²) in [7, 11) is 0. The Kier molecular flexibility index (Phi) is 2.84. The summed E-state index contributed by atoms with van der Waals surface area (Å²) >= 11 is 0. The molecule has 1 heterocycles. The zero-order valence-corrected chi connectivity index (χ0v) is 8.07. The number of hydrogen-bond donors (Lipinski definition) is 0. The molecule has 0 radical (unpaired) electrons. The predicted octanol–water partition coefficient (Wildman–Crippen LogP) is 1.87. The third-order valence-corrected chi connectivity index (χ3v) is 2.24. The number of benzene rings is 1. The number of ether oxygens (including phenoxy) is 2. The molecule has 2 rings (SSSR count). The van der Waals surface area contributed by atoms with E-state index < -0.39 is 5.82 Å². The van der Waals surface area contributed by atoms with Gasteiger partial charge in [-0.05, 0) is 18.2 Å². The fraction of sp³-hybridized carbons (Fsp3) is 0.364.